The molecule has 1 aromatic carbocycles. The Morgan fingerprint density at radius 3 is 1.53 bits per heavy atom. The standard InChI is InChI=1S/C15H24O3.C9H21NO2.C2H6O2/c1-2-3-4-5-6-7-12-18-14-10-8-13(9-11-14)15(16)17;1-3-5-7-10(9(11)12)8-6-4-2;1-2(3)4/h8-11,15-17H,2-7,12H2,1H3;9,11-12H,3-8H2,1-2H3;2-4H,1H3. The molecule has 0 aliphatic rings. The molecular weight excluding hydrogens is 438 g/mol. The highest BCUT2D eigenvalue weighted by molar-refractivity contribution is 5.27. The van der Waals surface area contributed by atoms with Gasteiger partial charge in [-0.2, -0.15) is 0 Å². The molecule has 0 atom stereocenters. The van der Waals surface area contributed by atoms with Gasteiger partial charge in [0.15, 0.2) is 6.29 Å². The zero-order chi connectivity index (χ0) is 26.2. The molecule has 0 amide bonds. The largest absolute Gasteiger partial charge is 0.494 e. The molecule has 0 spiro atoms. The van der Waals surface area contributed by atoms with E-state index in [1.807, 2.05) is 0 Å². The minimum Gasteiger partial charge on any atom is -0.494 e. The first-order valence-electron chi connectivity index (χ1n) is 12.7. The third kappa shape index (κ3) is 23.9. The van der Waals surface area contributed by atoms with Crippen molar-refractivity contribution >= 4 is 0 Å². The zero-order valence-electron chi connectivity index (χ0n) is 21.8. The normalized spacial score (nSPS) is 10.9. The van der Waals surface area contributed by atoms with Crippen molar-refractivity contribution in [3.8, 4) is 5.75 Å². The first kappa shape index (κ1) is 34.9. The summed E-state index contributed by atoms with van der Waals surface area (Å²) in [6.45, 7) is 10.00. The molecule has 6 N–H and O–H groups in total. The molecule has 1 aromatic rings. The number of ether oxygens (including phenoxy) is 1. The molecule has 202 valence electrons. The highest BCUT2D eigenvalue weighted by Gasteiger charge is 2.10. The van der Waals surface area contributed by atoms with Crippen LogP contribution < -0.4 is 4.74 Å². The number of aliphatic hydroxyl groups is 6. The first-order valence-corrected chi connectivity index (χ1v) is 12.7. The lowest BCUT2D eigenvalue weighted by Gasteiger charge is -2.23. The summed E-state index contributed by atoms with van der Waals surface area (Å²) in [6, 6.07) is 6.88. The van der Waals surface area contributed by atoms with Crippen molar-refractivity contribution in [1.29, 1.82) is 0 Å². The number of aliphatic hydroxyl groups excluding tert-OH is 3. The Morgan fingerprint density at radius 1 is 0.676 bits per heavy atom. The number of hydrogen-bond donors (Lipinski definition) is 6. The summed E-state index contributed by atoms with van der Waals surface area (Å²) in [5.41, 5.74) is 0.488. The topological polar surface area (TPSA) is 134 Å². The second kappa shape index (κ2) is 24.9. The SMILES string of the molecule is CC(O)O.CCCCCCCCOc1ccc(C(O)O)cc1.CCCCN(CCCC)C(O)O. The van der Waals surface area contributed by atoms with Crippen LogP contribution in [0.2, 0.25) is 0 Å². The van der Waals surface area contributed by atoms with Crippen molar-refractivity contribution in [2.75, 3.05) is 19.7 Å². The lowest BCUT2D eigenvalue weighted by molar-refractivity contribution is -0.155. The summed E-state index contributed by atoms with van der Waals surface area (Å²) in [7, 11) is 0. The minimum atomic E-state index is -1.40. The van der Waals surface area contributed by atoms with Gasteiger partial charge in [-0.3, -0.25) is 4.90 Å². The zero-order valence-corrected chi connectivity index (χ0v) is 21.8. The van der Waals surface area contributed by atoms with Crippen LogP contribution in [0.3, 0.4) is 0 Å². The second-order valence-corrected chi connectivity index (χ2v) is 8.28. The fourth-order valence-corrected chi connectivity index (χ4v) is 2.87. The van der Waals surface area contributed by atoms with Crippen LogP contribution in [0, 0.1) is 0 Å². The van der Waals surface area contributed by atoms with Crippen LogP contribution in [-0.2, 0) is 0 Å². The molecule has 0 saturated heterocycles. The van der Waals surface area contributed by atoms with Gasteiger partial charge in [0.05, 0.1) is 6.61 Å². The Labute approximate surface area is 206 Å². The number of nitrogens with zero attached hydrogens (tertiary/aromatic N) is 1. The van der Waals surface area contributed by atoms with Gasteiger partial charge in [-0.15, -0.1) is 0 Å². The molecule has 0 fully saturated rings. The predicted octanol–water partition coefficient (Wildman–Crippen LogP) is 3.88. The lowest BCUT2D eigenvalue weighted by Crippen LogP contribution is -2.36. The lowest BCUT2D eigenvalue weighted by atomic mass is 10.1. The average molecular weight is 490 g/mol. The molecule has 0 aromatic heterocycles. The molecule has 8 nitrogen and oxygen atoms in total. The van der Waals surface area contributed by atoms with Gasteiger partial charge >= 0.3 is 0 Å². The predicted molar refractivity (Wildman–Crippen MR) is 136 cm³/mol. The molecule has 0 saturated carbocycles. The Bertz CT molecular complexity index is 514. The first-order chi connectivity index (χ1) is 16.2. The van der Waals surface area contributed by atoms with Gasteiger partial charge in [0.1, 0.15) is 12.0 Å². The number of rotatable bonds is 16. The van der Waals surface area contributed by atoms with Crippen LogP contribution >= 0.6 is 0 Å². The van der Waals surface area contributed by atoms with Crippen LogP contribution in [0.5, 0.6) is 5.75 Å². The summed E-state index contributed by atoms with van der Waals surface area (Å²) in [4.78, 5) is 1.70. The van der Waals surface area contributed by atoms with Crippen LogP contribution in [-0.4, -0.2) is 67.9 Å². The summed E-state index contributed by atoms with van der Waals surface area (Å²) < 4.78 is 5.58. The van der Waals surface area contributed by atoms with Crippen molar-refractivity contribution in [1.82, 2.24) is 4.90 Å². The maximum Gasteiger partial charge on any atom is 0.213 e. The van der Waals surface area contributed by atoms with E-state index >= 15 is 0 Å². The van der Waals surface area contributed by atoms with Crippen molar-refractivity contribution in [3.05, 3.63) is 29.8 Å². The molecule has 8 heteroatoms. The van der Waals surface area contributed by atoms with E-state index in [0.29, 0.717) is 5.56 Å². The van der Waals surface area contributed by atoms with E-state index < -0.39 is 19.0 Å². The van der Waals surface area contributed by atoms with E-state index in [9.17, 15) is 0 Å². The maximum atomic E-state index is 8.95. The summed E-state index contributed by atoms with van der Waals surface area (Å²) in [5, 5.41) is 51.0. The van der Waals surface area contributed by atoms with Crippen LogP contribution in [0.1, 0.15) is 104 Å². The monoisotopic (exact) mass is 489 g/mol. The summed E-state index contributed by atoms with van der Waals surface area (Å²) >= 11 is 0. The van der Waals surface area contributed by atoms with Crippen LogP contribution in [0.25, 0.3) is 0 Å². The van der Waals surface area contributed by atoms with Crippen LogP contribution in [0.4, 0.5) is 0 Å². The van der Waals surface area contributed by atoms with Gasteiger partial charge in [0.2, 0.25) is 6.41 Å². The van der Waals surface area contributed by atoms with E-state index in [0.717, 1.165) is 57.6 Å². The second-order valence-electron chi connectivity index (χ2n) is 8.28. The molecule has 0 radical (unpaired) electrons. The molecular formula is C26H51NO7. The van der Waals surface area contributed by atoms with Gasteiger partial charge in [0.25, 0.3) is 0 Å². The molecule has 0 bridgehead atoms. The highest BCUT2D eigenvalue weighted by Crippen LogP contribution is 2.16. The van der Waals surface area contributed by atoms with E-state index in [-0.39, 0.29) is 0 Å². The van der Waals surface area contributed by atoms with Crippen molar-refractivity contribution < 1.29 is 35.4 Å². The van der Waals surface area contributed by atoms with Gasteiger partial charge in [0, 0.05) is 18.7 Å². The highest BCUT2D eigenvalue weighted by atomic mass is 16.5. The molecule has 0 heterocycles. The third-order valence-electron chi connectivity index (χ3n) is 4.87. The van der Waals surface area contributed by atoms with E-state index in [2.05, 4.69) is 20.8 Å². The number of unbranched alkanes of at least 4 members (excludes halogenated alkanes) is 7. The smallest absolute Gasteiger partial charge is 0.213 e. The fraction of sp³-hybridized carbons (Fsp3) is 0.769. The fourth-order valence-electron chi connectivity index (χ4n) is 2.87. The number of benzene rings is 1. The Balaban J connectivity index is 0. The van der Waals surface area contributed by atoms with Gasteiger partial charge in [-0.05, 0) is 38.3 Å². The maximum absolute atomic E-state index is 8.95. The van der Waals surface area contributed by atoms with Crippen molar-refractivity contribution in [2.45, 2.75) is 111 Å². The summed E-state index contributed by atoms with van der Waals surface area (Å²) in [6.07, 6.45) is 7.90. The Hall–Kier alpha value is -1.26. The Kier molecular flexibility index (Phi) is 25.5. The minimum absolute atomic E-state index is 0.488. The summed E-state index contributed by atoms with van der Waals surface area (Å²) in [5.74, 6) is 0.785. The molecule has 34 heavy (non-hydrogen) atoms. The molecule has 0 aliphatic heterocycles. The van der Waals surface area contributed by atoms with Gasteiger partial charge in [-0.1, -0.05) is 77.8 Å². The average Bonchev–Trinajstić information content (AvgIpc) is 2.78. The van der Waals surface area contributed by atoms with Gasteiger partial charge < -0.3 is 35.4 Å². The molecule has 0 unspecified atom stereocenters. The number of hydrogen-bond acceptors (Lipinski definition) is 8. The van der Waals surface area contributed by atoms with Gasteiger partial charge in [-0.25, -0.2) is 0 Å². The van der Waals surface area contributed by atoms with E-state index in [1.165, 1.54) is 39.0 Å². The van der Waals surface area contributed by atoms with Crippen molar-refractivity contribution in [3.63, 3.8) is 0 Å². The quantitative estimate of drug-likeness (QED) is 0.152. The van der Waals surface area contributed by atoms with Crippen molar-refractivity contribution in [2.24, 2.45) is 0 Å². The molecule has 1 rings (SSSR count). The Morgan fingerprint density at radius 2 is 1.12 bits per heavy atom. The van der Waals surface area contributed by atoms with E-state index in [4.69, 9.17) is 35.4 Å². The molecule has 0 aliphatic carbocycles. The third-order valence-corrected chi connectivity index (χ3v) is 4.87. The van der Waals surface area contributed by atoms with E-state index in [1.54, 1.807) is 29.2 Å². The van der Waals surface area contributed by atoms with Crippen LogP contribution in [0.15, 0.2) is 24.3 Å².